The fraction of sp³-hybridized carbons (Fsp3) is 0.263. The summed E-state index contributed by atoms with van der Waals surface area (Å²) in [6, 6.07) is 14.1. The monoisotopic (exact) mass is 349 g/mol. The Hall–Kier alpha value is -3.22. The molecular formula is C19H19N5O2. The van der Waals surface area contributed by atoms with Crippen LogP contribution in [-0.2, 0) is 0 Å². The van der Waals surface area contributed by atoms with E-state index in [9.17, 15) is 9.59 Å². The van der Waals surface area contributed by atoms with Gasteiger partial charge in [0.1, 0.15) is 5.69 Å². The Labute approximate surface area is 150 Å². The van der Waals surface area contributed by atoms with E-state index >= 15 is 0 Å². The molecule has 1 amide bonds. The van der Waals surface area contributed by atoms with Crippen LogP contribution >= 0.6 is 0 Å². The second-order valence-electron chi connectivity index (χ2n) is 6.34. The van der Waals surface area contributed by atoms with Crippen LogP contribution in [0.4, 0.5) is 0 Å². The van der Waals surface area contributed by atoms with Gasteiger partial charge in [-0.3, -0.25) is 14.3 Å². The second-order valence-corrected chi connectivity index (χ2v) is 6.34. The summed E-state index contributed by atoms with van der Waals surface area (Å²) in [7, 11) is 0. The van der Waals surface area contributed by atoms with Crippen LogP contribution < -0.4 is 5.56 Å². The highest BCUT2D eigenvalue weighted by molar-refractivity contribution is 5.92. The van der Waals surface area contributed by atoms with Gasteiger partial charge in [-0.15, -0.1) is 0 Å². The van der Waals surface area contributed by atoms with Crippen LogP contribution in [0.3, 0.4) is 0 Å². The van der Waals surface area contributed by atoms with Gasteiger partial charge in [0.05, 0.1) is 11.7 Å². The third-order valence-electron chi connectivity index (χ3n) is 4.60. The first kappa shape index (κ1) is 16.3. The first-order valence-corrected chi connectivity index (χ1v) is 8.66. The van der Waals surface area contributed by atoms with Gasteiger partial charge in [-0.05, 0) is 37.1 Å². The molecule has 1 aromatic carbocycles. The first-order chi connectivity index (χ1) is 12.7. The molecule has 132 valence electrons. The molecule has 0 N–H and O–H groups in total. The zero-order valence-corrected chi connectivity index (χ0v) is 14.2. The molecule has 2 aromatic heterocycles. The fourth-order valence-electron chi connectivity index (χ4n) is 3.29. The summed E-state index contributed by atoms with van der Waals surface area (Å²) in [5.41, 5.74) is 0.649. The molecule has 1 atom stereocenters. The molecule has 0 unspecified atom stereocenters. The SMILES string of the molecule is O=C(c1ccc(=O)n(-c2ccccc2)n1)N1CCC[C@H](n2cccn2)C1. The summed E-state index contributed by atoms with van der Waals surface area (Å²) in [4.78, 5) is 26.9. The normalized spacial score (nSPS) is 17.2. The highest BCUT2D eigenvalue weighted by atomic mass is 16.2. The third-order valence-corrected chi connectivity index (χ3v) is 4.60. The average molecular weight is 349 g/mol. The van der Waals surface area contributed by atoms with Crippen LogP contribution in [0.5, 0.6) is 0 Å². The van der Waals surface area contributed by atoms with Gasteiger partial charge in [0.2, 0.25) is 0 Å². The molecule has 1 aliphatic rings. The van der Waals surface area contributed by atoms with Gasteiger partial charge < -0.3 is 4.90 Å². The topological polar surface area (TPSA) is 73.0 Å². The smallest absolute Gasteiger partial charge is 0.274 e. The van der Waals surface area contributed by atoms with Gasteiger partial charge in [0.25, 0.3) is 11.5 Å². The first-order valence-electron chi connectivity index (χ1n) is 8.66. The van der Waals surface area contributed by atoms with Crippen molar-refractivity contribution >= 4 is 5.91 Å². The van der Waals surface area contributed by atoms with Crippen molar-refractivity contribution in [3.63, 3.8) is 0 Å². The number of benzene rings is 1. The third kappa shape index (κ3) is 3.15. The lowest BCUT2D eigenvalue weighted by Gasteiger charge is -2.32. The van der Waals surface area contributed by atoms with Gasteiger partial charge in [-0.2, -0.15) is 14.9 Å². The summed E-state index contributed by atoms with van der Waals surface area (Å²) in [5.74, 6) is -0.161. The van der Waals surface area contributed by atoms with Crippen molar-refractivity contribution in [1.29, 1.82) is 0 Å². The van der Waals surface area contributed by atoms with Crippen LogP contribution in [0.2, 0.25) is 0 Å². The summed E-state index contributed by atoms with van der Waals surface area (Å²) in [6.45, 7) is 1.27. The molecule has 0 spiro atoms. The van der Waals surface area contributed by atoms with Gasteiger partial charge in [-0.1, -0.05) is 18.2 Å². The minimum absolute atomic E-state index is 0.161. The molecule has 7 nitrogen and oxygen atoms in total. The molecule has 0 bridgehead atoms. The van der Waals surface area contributed by atoms with Crippen molar-refractivity contribution in [2.24, 2.45) is 0 Å². The maximum Gasteiger partial charge on any atom is 0.274 e. The number of hydrogen-bond donors (Lipinski definition) is 0. The van der Waals surface area contributed by atoms with Gasteiger partial charge >= 0.3 is 0 Å². The zero-order valence-electron chi connectivity index (χ0n) is 14.2. The van der Waals surface area contributed by atoms with Crippen molar-refractivity contribution in [2.75, 3.05) is 13.1 Å². The number of aromatic nitrogens is 4. The van der Waals surface area contributed by atoms with E-state index < -0.39 is 0 Å². The summed E-state index contributed by atoms with van der Waals surface area (Å²) in [6.07, 6.45) is 5.57. The molecule has 1 aliphatic heterocycles. The number of piperidine rings is 1. The summed E-state index contributed by atoms with van der Waals surface area (Å²) < 4.78 is 3.17. The van der Waals surface area contributed by atoms with Gasteiger partial charge in [0, 0.05) is 31.5 Å². The molecule has 0 aliphatic carbocycles. The van der Waals surface area contributed by atoms with Crippen molar-refractivity contribution in [3.8, 4) is 5.69 Å². The minimum Gasteiger partial charge on any atom is -0.335 e. The fourth-order valence-corrected chi connectivity index (χ4v) is 3.29. The molecule has 0 saturated carbocycles. The second kappa shape index (κ2) is 6.95. The van der Waals surface area contributed by atoms with Crippen molar-refractivity contribution in [1.82, 2.24) is 24.5 Å². The van der Waals surface area contributed by atoms with Crippen molar-refractivity contribution in [3.05, 3.63) is 77.0 Å². The number of likely N-dealkylation sites (tertiary alicyclic amines) is 1. The maximum absolute atomic E-state index is 12.9. The summed E-state index contributed by atoms with van der Waals surface area (Å²) in [5, 5.41) is 8.59. The number of hydrogen-bond acceptors (Lipinski definition) is 4. The highest BCUT2D eigenvalue weighted by Gasteiger charge is 2.26. The molecule has 3 heterocycles. The minimum atomic E-state index is -0.263. The molecule has 1 saturated heterocycles. The van der Waals surface area contributed by atoms with Crippen molar-refractivity contribution < 1.29 is 4.79 Å². The van der Waals surface area contributed by atoms with E-state index in [-0.39, 0.29) is 23.2 Å². The number of amides is 1. The molecule has 7 heteroatoms. The quantitative estimate of drug-likeness (QED) is 0.724. The lowest BCUT2D eigenvalue weighted by Crippen LogP contribution is -2.41. The average Bonchev–Trinajstić information content (AvgIpc) is 3.23. The predicted molar refractivity (Wildman–Crippen MR) is 96.2 cm³/mol. The van der Waals surface area contributed by atoms with E-state index in [1.165, 1.54) is 16.8 Å². The standard InChI is InChI=1S/C19H19N5O2/c25-18-10-9-17(21-24(18)15-6-2-1-3-7-15)19(26)22-12-4-8-16(14-22)23-13-5-11-20-23/h1-3,5-7,9-11,13,16H,4,8,12,14H2/t16-/m0/s1. The zero-order chi connectivity index (χ0) is 17.9. The van der Waals surface area contributed by atoms with Crippen LogP contribution in [0, 0.1) is 0 Å². The molecule has 4 rings (SSSR count). The largest absolute Gasteiger partial charge is 0.335 e. The molecular weight excluding hydrogens is 330 g/mol. The van der Waals surface area contributed by atoms with Crippen LogP contribution in [-0.4, -0.2) is 43.5 Å². The molecule has 3 aromatic rings. The Kier molecular flexibility index (Phi) is 4.35. The van der Waals surface area contributed by atoms with E-state index in [1.54, 1.807) is 23.2 Å². The number of nitrogens with zero attached hydrogens (tertiary/aromatic N) is 5. The predicted octanol–water partition coefficient (Wildman–Crippen LogP) is 1.91. The Morgan fingerprint density at radius 2 is 1.92 bits per heavy atom. The van der Waals surface area contributed by atoms with E-state index in [2.05, 4.69) is 10.2 Å². The van der Waals surface area contributed by atoms with Crippen LogP contribution in [0.25, 0.3) is 5.69 Å². The molecule has 1 fully saturated rings. The van der Waals surface area contributed by atoms with Crippen LogP contribution in [0.1, 0.15) is 29.4 Å². The molecule has 26 heavy (non-hydrogen) atoms. The number of carbonyl (C=O) groups excluding carboxylic acids is 1. The van der Waals surface area contributed by atoms with Gasteiger partial charge in [-0.25, -0.2) is 0 Å². The Morgan fingerprint density at radius 1 is 1.08 bits per heavy atom. The lowest BCUT2D eigenvalue weighted by molar-refractivity contribution is 0.0665. The Bertz CT molecular complexity index is 950. The van der Waals surface area contributed by atoms with Crippen molar-refractivity contribution in [2.45, 2.75) is 18.9 Å². The Balaban J connectivity index is 1.59. The number of para-hydroxylation sites is 1. The maximum atomic E-state index is 12.9. The van der Waals surface area contributed by atoms with E-state index in [1.807, 2.05) is 35.1 Å². The number of carbonyl (C=O) groups is 1. The Morgan fingerprint density at radius 3 is 2.69 bits per heavy atom. The van der Waals surface area contributed by atoms with Crippen LogP contribution in [0.15, 0.2) is 65.7 Å². The number of rotatable bonds is 3. The van der Waals surface area contributed by atoms with E-state index in [4.69, 9.17) is 0 Å². The van der Waals surface area contributed by atoms with Gasteiger partial charge in [0.15, 0.2) is 0 Å². The highest BCUT2D eigenvalue weighted by Crippen LogP contribution is 2.21. The summed E-state index contributed by atoms with van der Waals surface area (Å²) >= 11 is 0. The van der Waals surface area contributed by atoms with E-state index in [0.717, 1.165) is 12.8 Å². The lowest BCUT2D eigenvalue weighted by atomic mass is 10.1. The van der Waals surface area contributed by atoms with E-state index in [0.29, 0.717) is 18.8 Å². The molecule has 0 radical (unpaired) electrons.